The average molecular weight is 277 g/mol. The van der Waals surface area contributed by atoms with Crippen LogP contribution in [0.3, 0.4) is 0 Å². The van der Waals surface area contributed by atoms with Crippen molar-refractivity contribution >= 4 is 12.0 Å². The van der Waals surface area contributed by atoms with Crippen molar-refractivity contribution in [1.29, 1.82) is 0 Å². The fourth-order valence-corrected chi connectivity index (χ4v) is 2.02. The van der Waals surface area contributed by atoms with Crippen LogP contribution in [0.1, 0.15) is 20.8 Å². The molecule has 1 fully saturated rings. The number of nitrogens with zero attached hydrogens (tertiary/aromatic N) is 4. The zero-order valence-corrected chi connectivity index (χ0v) is 12.4. The van der Waals surface area contributed by atoms with Crippen molar-refractivity contribution in [3.8, 4) is 0 Å². The molecule has 1 aromatic heterocycles. The molecule has 0 saturated carbocycles. The third-order valence-corrected chi connectivity index (χ3v) is 3.75. The van der Waals surface area contributed by atoms with Crippen molar-refractivity contribution in [3.63, 3.8) is 0 Å². The number of piperazine rings is 1. The molecule has 1 aliphatic heterocycles. The number of carbonyl (C=O) groups excluding carboxylic acids is 1. The topological polar surface area (TPSA) is 61.4 Å². The fraction of sp³-hybridized carbons (Fsp3) is 0.643. The first-order chi connectivity index (χ1) is 9.58. The van der Waals surface area contributed by atoms with Gasteiger partial charge in [-0.1, -0.05) is 13.8 Å². The molecule has 20 heavy (non-hydrogen) atoms. The number of anilines is 1. The molecule has 1 unspecified atom stereocenters. The molecular weight excluding hydrogens is 254 g/mol. The highest BCUT2D eigenvalue weighted by Crippen LogP contribution is 2.10. The van der Waals surface area contributed by atoms with Gasteiger partial charge in [-0.3, -0.25) is 0 Å². The summed E-state index contributed by atoms with van der Waals surface area (Å²) in [6, 6.07) is 2.03. The van der Waals surface area contributed by atoms with Gasteiger partial charge in [0.05, 0.1) is 0 Å². The van der Waals surface area contributed by atoms with Crippen LogP contribution in [0.4, 0.5) is 10.7 Å². The summed E-state index contributed by atoms with van der Waals surface area (Å²) in [5.74, 6) is 1.18. The number of rotatable bonds is 3. The zero-order chi connectivity index (χ0) is 14.5. The Kier molecular flexibility index (Phi) is 4.76. The van der Waals surface area contributed by atoms with E-state index in [0.717, 1.165) is 19.0 Å². The predicted molar refractivity (Wildman–Crippen MR) is 78.6 cm³/mol. The Morgan fingerprint density at radius 1 is 1.15 bits per heavy atom. The van der Waals surface area contributed by atoms with Crippen LogP contribution in [0.5, 0.6) is 0 Å². The second-order valence-electron chi connectivity index (χ2n) is 5.51. The summed E-state index contributed by atoms with van der Waals surface area (Å²) in [5.41, 5.74) is 0. The molecule has 0 bridgehead atoms. The fourth-order valence-electron chi connectivity index (χ4n) is 2.02. The van der Waals surface area contributed by atoms with E-state index in [-0.39, 0.29) is 12.1 Å². The maximum absolute atomic E-state index is 12.1. The lowest BCUT2D eigenvalue weighted by Gasteiger charge is -2.35. The molecule has 1 N–H and O–H groups in total. The Labute approximate surface area is 120 Å². The van der Waals surface area contributed by atoms with E-state index in [1.54, 1.807) is 18.5 Å². The lowest BCUT2D eigenvalue weighted by molar-refractivity contribution is 0.188. The first-order valence-electron chi connectivity index (χ1n) is 7.15. The maximum atomic E-state index is 12.1. The molecule has 1 atom stereocenters. The molecule has 0 aromatic carbocycles. The van der Waals surface area contributed by atoms with E-state index in [1.165, 1.54) is 0 Å². The quantitative estimate of drug-likeness (QED) is 0.906. The maximum Gasteiger partial charge on any atom is 0.317 e. The van der Waals surface area contributed by atoms with Crippen LogP contribution in [0, 0.1) is 5.92 Å². The molecule has 6 nitrogen and oxygen atoms in total. The third kappa shape index (κ3) is 3.59. The van der Waals surface area contributed by atoms with E-state index in [0.29, 0.717) is 19.0 Å². The van der Waals surface area contributed by atoms with Crippen molar-refractivity contribution in [3.05, 3.63) is 18.5 Å². The molecule has 2 rings (SSSR count). The van der Waals surface area contributed by atoms with Crippen LogP contribution >= 0.6 is 0 Å². The monoisotopic (exact) mass is 277 g/mol. The number of nitrogens with one attached hydrogen (secondary N) is 1. The number of hydrogen-bond donors (Lipinski definition) is 1. The van der Waals surface area contributed by atoms with Gasteiger partial charge < -0.3 is 15.1 Å². The summed E-state index contributed by atoms with van der Waals surface area (Å²) in [5, 5.41) is 3.04. The van der Waals surface area contributed by atoms with Crippen LogP contribution in [-0.4, -0.2) is 53.1 Å². The smallest absolute Gasteiger partial charge is 0.317 e. The summed E-state index contributed by atoms with van der Waals surface area (Å²) in [7, 11) is 0. The lowest BCUT2D eigenvalue weighted by Crippen LogP contribution is -2.54. The molecule has 1 aliphatic rings. The molecular formula is C14H23N5O. The van der Waals surface area contributed by atoms with E-state index < -0.39 is 0 Å². The minimum Gasteiger partial charge on any atom is -0.337 e. The third-order valence-electron chi connectivity index (χ3n) is 3.75. The van der Waals surface area contributed by atoms with E-state index in [9.17, 15) is 4.79 Å². The first kappa shape index (κ1) is 14.6. The van der Waals surface area contributed by atoms with Gasteiger partial charge in [0.15, 0.2) is 0 Å². The van der Waals surface area contributed by atoms with Gasteiger partial charge in [-0.25, -0.2) is 14.8 Å². The molecule has 2 amide bonds. The van der Waals surface area contributed by atoms with Gasteiger partial charge in [-0.15, -0.1) is 0 Å². The Hall–Kier alpha value is -1.85. The molecule has 0 spiro atoms. The van der Waals surface area contributed by atoms with Crippen molar-refractivity contribution in [1.82, 2.24) is 20.2 Å². The van der Waals surface area contributed by atoms with Crippen LogP contribution in [0.2, 0.25) is 0 Å². The predicted octanol–water partition coefficient (Wildman–Crippen LogP) is 1.35. The van der Waals surface area contributed by atoms with Gasteiger partial charge in [0.25, 0.3) is 0 Å². The van der Waals surface area contributed by atoms with Crippen molar-refractivity contribution in [2.75, 3.05) is 31.1 Å². The molecule has 110 valence electrons. The zero-order valence-electron chi connectivity index (χ0n) is 12.4. The van der Waals surface area contributed by atoms with Gasteiger partial charge in [-0.05, 0) is 18.9 Å². The summed E-state index contributed by atoms with van der Waals surface area (Å²) >= 11 is 0. The second-order valence-corrected chi connectivity index (χ2v) is 5.51. The summed E-state index contributed by atoms with van der Waals surface area (Å²) < 4.78 is 0. The van der Waals surface area contributed by atoms with Crippen molar-refractivity contribution < 1.29 is 4.79 Å². The molecule has 2 heterocycles. The van der Waals surface area contributed by atoms with Gasteiger partial charge in [-0.2, -0.15) is 0 Å². The average Bonchev–Trinajstić information content (AvgIpc) is 2.48. The highest BCUT2D eigenvalue weighted by Gasteiger charge is 2.23. The van der Waals surface area contributed by atoms with Crippen LogP contribution in [-0.2, 0) is 0 Å². The normalized spacial score (nSPS) is 17.2. The Bertz CT molecular complexity index is 428. The van der Waals surface area contributed by atoms with E-state index >= 15 is 0 Å². The van der Waals surface area contributed by atoms with Gasteiger partial charge >= 0.3 is 6.03 Å². The summed E-state index contributed by atoms with van der Waals surface area (Å²) in [4.78, 5) is 24.6. The van der Waals surface area contributed by atoms with Gasteiger partial charge in [0.1, 0.15) is 0 Å². The van der Waals surface area contributed by atoms with Crippen LogP contribution < -0.4 is 10.2 Å². The Morgan fingerprint density at radius 2 is 1.75 bits per heavy atom. The first-order valence-corrected chi connectivity index (χ1v) is 7.15. The van der Waals surface area contributed by atoms with Crippen LogP contribution in [0.15, 0.2) is 18.5 Å². The van der Waals surface area contributed by atoms with E-state index in [1.807, 2.05) is 11.8 Å². The number of carbonyl (C=O) groups is 1. The second kappa shape index (κ2) is 6.54. The van der Waals surface area contributed by atoms with Gasteiger partial charge in [0.2, 0.25) is 5.95 Å². The molecule has 0 radical (unpaired) electrons. The number of hydrogen-bond acceptors (Lipinski definition) is 4. The highest BCUT2D eigenvalue weighted by atomic mass is 16.2. The van der Waals surface area contributed by atoms with Gasteiger partial charge in [0, 0.05) is 44.6 Å². The lowest BCUT2D eigenvalue weighted by atomic mass is 10.1. The Morgan fingerprint density at radius 3 is 2.30 bits per heavy atom. The molecule has 1 saturated heterocycles. The van der Waals surface area contributed by atoms with Crippen molar-refractivity contribution in [2.45, 2.75) is 26.8 Å². The number of urea groups is 1. The summed E-state index contributed by atoms with van der Waals surface area (Å²) in [6.45, 7) is 9.20. The Balaban J connectivity index is 1.84. The number of amides is 2. The molecule has 6 heteroatoms. The highest BCUT2D eigenvalue weighted by molar-refractivity contribution is 5.74. The van der Waals surface area contributed by atoms with E-state index in [4.69, 9.17) is 0 Å². The molecule has 1 aromatic rings. The molecule has 0 aliphatic carbocycles. The minimum atomic E-state index is 0.0276. The number of aromatic nitrogens is 2. The van der Waals surface area contributed by atoms with Crippen LogP contribution in [0.25, 0.3) is 0 Å². The largest absolute Gasteiger partial charge is 0.337 e. The minimum absolute atomic E-state index is 0.0276. The SMILES string of the molecule is CC(C)C(C)NC(=O)N1CCN(c2ncccn2)CC1. The standard InChI is InChI=1S/C14H23N5O/c1-11(2)12(3)17-14(20)19-9-7-18(8-10-19)13-15-5-4-6-16-13/h4-6,11-12H,7-10H2,1-3H3,(H,17,20). The van der Waals surface area contributed by atoms with E-state index in [2.05, 4.69) is 34.0 Å². The summed E-state index contributed by atoms with van der Waals surface area (Å²) in [6.07, 6.45) is 3.48. The van der Waals surface area contributed by atoms with Crippen molar-refractivity contribution in [2.24, 2.45) is 5.92 Å².